The first kappa shape index (κ1) is 23.3. The van der Waals surface area contributed by atoms with Crippen molar-refractivity contribution >= 4 is 32.7 Å². The van der Waals surface area contributed by atoms with Gasteiger partial charge in [-0.1, -0.05) is 91.8 Å². The van der Waals surface area contributed by atoms with Gasteiger partial charge in [0, 0.05) is 28.1 Å². The van der Waals surface area contributed by atoms with Gasteiger partial charge >= 0.3 is 0 Å². The van der Waals surface area contributed by atoms with Gasteiger partial charge in [-0.2, -0.15) is 0 Å². The van der Waals surface area contributed by atoms with Crippen molar-refractivity contribution in [1.82, 2.24) is 4.98 Å². The van der Waals surface area contributed by atoms with Crippen molar-refractivity contribution in [3.8, 4) is 11.3 Å². The normalized spacial score (nSPS) is 15.1. The predicted octanol–water partition coefficient (Wildman–Crippen LogP) is 9.62. The van der Waals surface area contributed by atoms with E-state index in [-0.39, 0.29) is 16.2 Å². The zero-order valence-corrected chi connectivity index (χ0v) is 23.0. The summed E-state index contributed by atoms with van der Waals surface area (Å²) >= 11 is 0. The van der Waals surface area contributed by atoms with Crippen LogP contribution in [0, 0.1) is 10.8 Å². The first-order chi connectivity index (χ1) is 16.8. The Kier molecular flexibility index (Phi) is 4.81. The highest BCUT2D eigenvalue weighted by Gasteiger charge is 2.36. The van der Waals surface area contributed by atoms with E-state index >= 15 is 0 Å². The number of benzene rings is 3. The molecule has 0 bridgehead atoms. The third-order valence-electron chi connectivity index (χ3n) is 7.73. The van der Waals surface area contributed by atoms with Gasteiger partial charge in [0.25, 0.3) is 0 Å². The molecule has 2 heteroatoms. The second-order valence-corrected chi connectivity index (χ2v) is 13.8. The average Bonchev–Trinajstić information content (AvgIpc) is 3.15. The molecule has 0 unspecified atom stereocenters. The Labute approximate surface area is 214 Å². The van der Waals surface area contributed by atoms with Crippen LogP contribution in [-0.4, -0.2) is 4.98 Å². The maximum atomic E-state index is 6.92. The van der Waals surface area contributed by atoms with Crippen LogP contribution in [-0.2, 0) is 18.3 Å². The fraction of sp³-hybridized carbons (Fsp3) is 0.382. The summed E-state index contributed by atoms with van der Waals surface area (Å²) in [6.45, 7) is 18.5. The van der Waals surface area contributed by atoms with E-state index in [1.165, 1.54) is 49.4 Å². The lowest BCUT2D eigenvalue weighted by atomic mass is 9.74. The van der Waals surface area contributed by atoms with Gasteiger partial charge in [-0.15, -0.1) is 0 Å². The number of furan rings is 1. The van der Waals surface area contributed by atoms with Gasteiger partial charge in [-0.3, -0.25) is 4.98 Å². The molecule has 0 aliphatic heterocycles. The maximum absolute atomic E-state index is 6.92. The number of rotatable bonds is 2. The fourth-order valence-electron chi connectivity index (χ4n) is 6.21. The van der Waals surface area contributed by atoms with Crippen LogP contribution >= 0.6 is 0 Å². The smallest absolute Gasteiger partial charge is 0.142 e. The molecule has 0 atom stereocenters. The number of pyridine rings is 1. The van der Waals surface area contributed by atoms with Crippen LogP contribution in [0.4, 0.5) is 0 Å². The van der Waals surface area contributed by atoms with E-state index < -0.39 is 0 Å². The SMILES string of the molecule is CC(C)(C)Cc1ccc2c3c1oc1c(CC(C)(C)C)cnc(c13)-c1cc3ccccc3cc1C2(C)C. The molecule has 0 radical (unpaired) electrons. The number of nitrogens with zero attached hydrogens (tertiary/aromatic N) is 1. The van der Waals surface area contributed by atoms with Gasteiger partial charge in [-0.25, -0.2) is 0 Å². The lowest BCUT2D eigenvalue weighted by Crippen LogP contribution is -2.20. The van der Waals surface area contributed by atoms with Crippen LogP contribution in [0.15, 0.2) is 59.1 Å². The molecule has 2 heterocycles. The quantitative estimate of drug-likeness (QED) is 0.254. The summed E-state index contributed by atoms with van der Waals surface area (Å²) in [5, 5.41) is 4.98. The minimum atomic E-state index is -0.195. The Morgan fingerprint density at radius 2 is 1.33 bits per heavy atom. The largest absolute Gasteiger partial charge is 0.455 e. The van der Waals surface area contributed by atoms with Crippen molar-refractivity contribution in [2.24, 2.45) is 10.8 Å². The molecule has 0 saturated heterocycles. The highest BCUT2D eigenvalue weighted by molar-refractivity contribution is 6.16. The summed E-state index contributed by atoms with van der Waals surface area (Å²) in [5.41, 5.74) is 9.61. The molecule has 2 nitrogen and oxygen atoms in total. The number of hydrogen-bond donors (Lipinski definition) is 0. The Morgan fingerprint density at radius 3 is 2.00 bits per heavy atom. The molecule has 1 aliphatic rings. The third-order valence-corrected chi connectivity index (χ3v) is 7.73. The van der Waals surface area contributed by atoms with Crippen molar-refractivity contribution < 1.29 is 4.42 Å². The van der Waals surface area contributed by atoms with Crippen molar-refractivity contribution in [1.29, 1.82) is 0 Å². The molecule has 0 spiro atoms. The molecule has 36 heavy (non-hydrogen) atoms. The van der Waals surface area contributed by atoms with E-state index in [0.29, 0.717) is 0 Å². The van der Waals surface area contributed by atoms with Crippen LogP contribution in [0.25, 0.3) is 44.0 Å². The van der Waals surface area contributed by atoms with Gasteiger partial charge in [0.1, 0.15) is 11.2 Å². The zero-order valence-electron chi connectivity index (χ0n) is 23.0. The summed E-state index contributed by atoms with van der Waals surface area (Å²) in [5.74, 6) is 0. The second kappa shape index (κ2) is 7.44. The van der Waals surface area contributed by atoms with Crippen LogP contribution in [0.1, 0.15) is 77.6 Å². The third kappa shape index (κ3) is 3.57. The summed E-state index contributed by atoms with van der Waals surface area (Å²) in [7, 11) is 0. The summed E-state index contributed by atoms with van der Waals surface area (Å²) in [6, 6.07) is 18.1. The Morgan fingerprint density at radius 1 is 0.722 bits per heavy atom. The van der Waals surface area contributed by atoms with Gasteiger partial charge in [0.2, 0.25) is 0 Å². The summed E-state index contributed by atoms with van der Waals surface area (Å²) < 4.78 is 6.92. The van der Waals surface area contributed by atoms with E-state index in [9.17, 15) is 0 Å². The van der Waals surface area contributed by atoms with E-state index in [4.69, 9.17) is 9.40 Å². The van der Waals surface area contributed by atoms with Crippen molar-refractivity contribution in [3.05, 3.63) is 77.0 Å². The first-order valence-corrected chi connectivity index (χ1v) is 13.2. The lowest BCUT2D eigenvalue weighted by molar-refractivity contribution is 0.408. The Balaban J connectivity index is 1.80. The lowest BCUT2D eigenvalue weighted by Gasteiger charge is -2.29. The van der Waals surface area contributed by atoms with E-state index in [1.54, 1.807) is 0 Å². The van der Waals surface area contributed by atoms with Crippen LogP contribution in [0.5, 0.6) is 0 Å². The van der Waals surface area contributed by atoms with Gasteiger partial charge in [0.05, 0.1) is 11.1 Å². The predicted molar refractivity (Wildman–Crippen MR) is 153 cm³/mol. The maximum Gasteiger partial charge on any atom is 0.142 e. The molecule has 0 saturated carbocycles. The molecular weight excluding hydrogens is 438 g/mol. The Bertz CT molecular complexity index is 1670. The molecule has 1 aliphatic carbocycles. The topological polar surface area (TPSA) is 26.0 Å². The average molecular weight is 476 g/mol. The van der Waals surface area contributed by atoms with Gasteiger partial charge in [-0.05, 0) is 63.3 Å². The highest BCUT2D eigenvalue weighted by Crippen LogP contribution is 2.51. The van der Waals surface area contributed by atoms with Gasteiger partial charge in [0.15, 0.2) is 0 Å². The first-order valence-electron chi connectivity index (χ1n) is 13.2. The molecule has 6 rings (SSSR count). The fourth-order valence-corrected chi connectivity index (χ4v) is 6.21. The Hall–Kier alpha value is -3.13. The minimum Gasteiger partial charge on any atom is -0.455 e. The highest BCUT2D eigenvalue weighted by atomic mass is 16.3. The molecule has 0 amide bonds. The second-order valence-electron chi connectivity index (χ2n) is 13.8. The minimum absolute atomic E-state index is 0.139. The summed E-state index contributed by atoms with van der Waals surface area (Å²) in [6.07, 6.45) is 3.97. The molecule has 5 aromatic rings. The zero-order chi connectivity index (χ0) is 25.6. The van der Waals surface area contributed by atoms with E-state index in [1.807, 2.05) is 0 Å². The molecule has 0 fully saturated rings. The van der Waals surface area contributed by atoms with E-state index in [0.717, 1.165) is 29.7 Å². The number of fused-ring (bicyclic) bond motifs is 3. The number of hydrogen-bond acceptors (Lipinski definition) is 2. The van der Waals surface area contributed by atoms with Crippen molar-refractivity contribution in [2.75, 3.05) is 0 Å². The van der Waals surface area contributed by atoms with Crippen LogP contribution in [0.3, 0.4) is 0 Å². The number of aromatic nitrogens is 1. The summed E-state index contributed by atoms with van der Waals surface area (Å²) in [4.78, 5) is 5.19. The molecule has 184 valence electrons. The molecule has 0 N–H and O–H groups in total. The molecular formula is C34H37NO. The molecule has 2 aromatic heterocycles. The van der Waals surface area contributed by atoms with E-state index in [2.05, 4.69) is 110 Å². The van der Waals surface area contributed by atoms with Crippen LogP contribution < -0.4 is 0 Å². The van der Waals surface area contributed by atoms with Crippen molar-refractivity contribution in [3.63, 3.8) is 0 Å². The monoisotopic (exact) mass is 475 g/mol. The molecule has 3 aromatic carbocycles. The van der Waals surface area contributed by atoms with Crippen molar-refractivity contribution in [2.45, 2.75) is 73.6 Å². The van der Waals surface area contributed by atoms with Gasteiger partial charge < -0.3 is 4.42 Å². The standard InChI is InChI=1S/C34H37NO/c1-32(2,3)17-22-13-14-25-27-28-29(35-19-23(18-33(4,5)6)31(28)36-30(22)27)24-15-20-11-9-10-12-21(20)16-26(24)34(25,7)8/h9-16,19H,17-18H2,1-8H3. The van der Waals surface area contributed by atoms with Crippen LogP contribution in [0.2, 0.25) is 0 Å².